The standard InChI is InChI=1S/C25H32N8O7/c26-16(5-6-21(27)35)22(36)31-18(7-13-9-29-17-4-2-1-3-15(13)17)23(37)33-20(11-34)24(38)32-19(25(39)40)8-14-10-28-12-30-14/h1-4,9-10,12,16,18-20,29,34H,5-8,11,26H2,(H2,27,35)(H,28,30)(H,31,36)(H,32,38)(H,33,37)(H,39,40). The van der Waals surface area contributed by atoms with Crippen LogP contribution in [-0.2, 0) is 36.8 Å². The molecule has 0 aliphatic rings. The van der Waals surface area contributed by atoms with Crippen molar-refractivity contribution in [1.29, 1.82) is 0 Å². The Morgan fingerprint density at radius 2 is 1.60 bits per heavy atom. The predicted octanol–water partition coefficient (Wildman–Crippen LogP) is -2.20. The minimum atomic E-state index is -1.53. The molecule has 4 atom stereocenters. The van der Waals surface area contributed by atoms with Gasteiger partial charge in [-0.05, 0) is 18.1 Å². The molecule has 0 saturated heterocycles. The van der Waals surface area contributed by atoms with Gasteiger partial charge in [0.05, 0.1) is 19.0 Å². The quantitative estimate of drug-likeness (QED) is 0.0982. The summed E-state index contributed by atoms with van der Waals surface area (Å²) in [4.78, 5) is 71.2. The van der Waals surface area contributed by atoms with E-state index in [4.69, 9.17) is 11.5 Å². The second kappa shape index (κ2) is 13.9. The van der Waals surface area contributed by atoms with E-state index in [1.165, 1.54) is 12.5 Å². The Labute approximate surface area is 228 Å². The first-order chi connectivity index (χ1) is 19.1. The van der Waals surface area contributed by atoms with Gasteiger partial charge in [-0.15, -0.1) is 0 Å². The van der Waals surface area contributed by atoms with Gasteiger partial charge in [-0.3, -0.25) is 19.2 Å². The van der Waals surface area contributed by atoms with Crippen LogP contribution in [0.15, 0.2) is 43.0 Å². The number of aromatic nitrogens is 3. The zero-order valence-corrected chi connectivity index (χ0v) is 21.4. The number of carboxylic acid groups (broad SMARTS) is 1. The van der Waals surface area contributed by atoms with Crippen molar-refractivity contribution in [2.75, 3.05) is 6.61 Å². The van der Waals surface area contributed by atoms with Crippen LogP contribution in [0, 0.1) is 0 Å². The lowest BCUT2D eigenvalue weighted by Crippen LogP contribution is -2.58. The highest BCUT2D eigenvalue weighted by molar-refractivity contribution is 5.95. The van der Waals surface area contributed by atoms with Crippen molar-refractivity contribution in [3.05, 3.63) is 54.2 Å². The highest BCUT2D eigenvalue weighted by Gasteiger charge is 2.31. The summed E-state index contributed by atoms with van der Waals surface area (Å²) >= 11 is 0. The number of fused-ring (bicyclic) bond motifs is 1. The summed E-state index contributed by atoms with van der Waals surface area (Å²) in [6.07, 6.45) is 4.12. The molecule has 2 aromatic heterocycles. The fourth-order valence-corrected chi connectivity index (χ4v) is 3.99. The van der Waals surface area contributed by atoms with E-state index < -0.39 is 60.4 Å². The molecular weight excluding hydrogens is 524 g/mol. The van der Waals surface area contributed by atoms with Gasteiger partial charge in [-0.1, -0.05) is 18.2 Å². The van der Waals surface area contributed by atoms with E-state index in [9.17, 15) is 34.2 Å². The number of H-pyrrole nitrogens is 2. The van der Waals surface area contributed by atoms with Gasteiger partial charge in [-0.2, -0.15) is 0 Å². The van der Waals surface area contributed by atoms with Crippen molar-refractivity contribution in [2.24, 2.45) is 11.5 Å². The third-order valence-electron chi connectivity index (χ3n) is 6.18. The summed E-state index contributed by atoms with van der Waals surface area (Å²) in [5.41, 5.74) is 12.9. The Hall–Kier alpha value is -4.76. The molecule has 40 heavy (non-hydrogen) atoms. The molecule has 15 nitrogen and oxygen atoms in total. The number of nitrogens with one attached hydrogen (secondary N) is 5. The van der Waals surface area contributed by atoms with Gasteiger partial charge in [-0.25, -0.2) is 9.78 Å². The van der Waals surface area contributed by atoms with Crippen molar-refractivity contribution in [3.8, 4) is 0 Å². The number of imidazole rings is 1. The first-order valence-electron chi connectivity index (χ1n) is 12.4. The summed E-state index contributed by atoms with van der Waals surface area (Å²) in [5.74, 6) is -4.47. The topological polar surface area (TPSA) is 258 Å². The molecule has 0 bridgehead atoms. The SMILES string of the molecule is NC(=O)CCC(N)C(=O)NC(Cc1c[nH]c2ccccc12)C(=O)NC(CO)C(=O)NC(Cc1cnc[nH]1)C(=O)O. The van der Waals surface area contributed by atoms with Gasteiger partial charge < -0.3 is 47.6 Å². The average Bonchev–Trinajstić information content (AvgIpc) is 3.59. The number of primary amides is 1. The largest absolute Gasteiger partial charge is 0.480 e. The number of carbonyl (C=O) groups is 5. The lowest BCUT2D eigenvalue weighted by molar-refractivity contribution is -0.142. The number of rotatable bonds is 15. The van der Waals surface area contributed by atoms with E-state index in [1.807, 2.05) is 18.2 Å². The van der Waals surface area contributed by atoms with E-state index in [1.54, 1.807) is 12.3 Å². The summed E-state index contributed by atoms with van der Waals surface area (Å²) in [6, 6.07) is 2.02. The van der Waals surface area contributed by atoms with Crippen LogP contribution in [0.1, 0.15) is 24.1 Å². The number of aromatic amines is 2. The number of carbonyl (C=O) groups excluding carboxylic acids is 4. The maximum Gasteiger partial charge on any atom is 0.326 e. The normalized spacial score (nSPS) is 14.1. The third-order valence-corrected chi connectivity index (χ3v) is 6.18. The van der Waals surface area contributed by atoms with Crippen LogP contribution in [0.5, 0.6) is 0 Å². The molecule has 3 rings (SSSR count). The van der Waals surface area contributed by atoms with Gasteiger partial charge in [0.2, 0.25) is 23.6 Å². The number of nitrogens with two attached hydrogens (primary N) is 2. The van der Waals surface area contributed by atoms with E-state index in [-0.39, 0.29) is 25.7 Å². The second-order valence-electron chi connectivity index (χ2n) is 9.16. The molecule has 0 aliphatic carbocycles. The molecule has 15 heteroatoms. The highest BCUT2D eigenvalue weighted by atomic mass is 16.4. The summed E-state index contributed by atoms with van der Waals surface area (Å²) in [5, 5.41) is 27.3. The average molecular weight is 557 g/mol. The van der Waals surface area contributed by atoms with E-state index in [2.05, 4.69) is 30.9 Å². The van der Waals surface area contributed by atoms with Gasteiger partial charge in [0.15, 0.2) is 0 Å². The molecule has 2 heterocycles. The molecule has 4 unspecified atom stereocenters. The zero-order chi connectivity index (χ0) is 29.2. The molecule has 1 aromatic carbocycles. The van der Waals surface area contributed by atoms with Crippen molar-refractivity contribution in [2.45, 2.75) is 49.9 Å². The van der Waals surface area contributed by atoms with Gasteiger partial charge >= 0.3 is 5.97 Å². The fourth-order valence-electron chi connectivity index (χ4n) is 3.99. The number of para-hydroxylation sites is 1. The number of aliphatic carboxylic acids is 1. The summed E-state index contributed by atoms with van der Waals surface area (Å²) in [6.45, 7) is -0.847. The molecule has 0 saturated carbocycles. The smallest absolute Gasteiger partial charge is 0.326 e. The van der Waals surface area contributed by atoms with Crippen LogP contribution in [0.2, 0.25) is 0 Å². The lowest BCUT2D eigenvalue weighted by atomic mass is 10.0. The third kappa shape index (κ3) is 8.12. The first kappa shape index (κ1) is 29.8. The Morgan fingerprint density at radius 1 is 0.925 bits per heavy atom. The molecule has 11 N–H and O–H groups in total. The fraction of sp³-hybridized carbons (Fsp3) is 0.360. The van der Waals surface area contributed by atoms with Crippen molar-refractivity contribution < 1.29 is 34.2 Å². The van der Waals surface area contributed by atoms with Crippen LogP contribution < -0.4 is 27.4 Å². The zero-order valence-electron chi connectivity index (χ0n) is 21.4. The number of hydrogen-bond acceptors (Lipinski definition) is 8. The van der Waals surface area contributed by atoms with Crippen LogP contribution >= 0.6 is 0 Å². The number of nitrogens with zero attached hydrogens (tertiary/aromatic N) is 1. The maximum absolute atomic E-state index is 13.3. The van der Waals surface area contributed by atoms with Crippen molar-refractivity contribution in [3.63, 3.8) is 0 Å². The van der Waals surface area contributed by atoms with E-state index >= 15 is 0 Å². The Morgan fingerprint density at radius 3 is 2.25 bits per heavy atom. The molecule has 4 amide bonds. The van der Waals surface area contributed by atoms with Crippen LogP contribution in [-0.4, -0.2) is 85.5 Å². The maximum atomic E-state index is 13.3. The van der Waals surface area contributed by atoms with Crippen LogP contribution in [0.4, 0.5) is 0 Å². The molecule has 0 fully saturated rings. The molecule has 3 aromatic rings. The molecule has 0 radical (unpaired) electrons. The van der Waals surface area contributed by atoms with Gasteiger partial charge in [0.25, 0.3) is 0 Å². The Kier molecular flexibility index (Phi) is 10.3. The summed E-state index contributed by atoms with van der Waals surface area (Å²) in [7, 11) is 0. The molecule has 0 spiro atoms. The molecular formula is C25H32N8O7. The Bertz CT molecular complexity index is 1340. The number of carboxylic acids is 1. The predicted molar refractivity (Wildman–Crippen MR) is 141 cm³/mol. The Balaban J connectivity index is 1.75. The minimum absolute atomic E-state index is 0.0124. The highest BCUT2D eigenvalue weighted by Crippen LogP contribution is 2.19. The van der Waals surface area contributed by atoms with Gasteiger partial charge in [0, 0.05) is 48.3 Å². The number of benzene rings is 1. The van der Waals surface area contributed by atoms with Crippen LogP contribution in [0.25, 0.3) is 10.9 Å². The summed E-state index contributed by atoms with van der Waals surface area (Å²) < 4.78 is 0. The minimum Gasteiger partial charge on any atom is -0.480 e. The lowest BCUT2D eigenvalue weighted by Gasteiger charge is -2.24. The number of hydrogen-bond donors (Lipinski definition) is 9. The number of aliphatic hydroxyl groups excluding tert-OH is 1. The van der Waals surface area contributed by atoms with Crippen molar-refractivity contribution in [1.82, 2.24) is 30.9 Å². The number of aliphatic hydroxyl groups is 1. The first-order valence-corrected chi connectivity index (χ1v) is 12.4. The van der Waals surface area contributed by atoms with Crippen molar-refractivity contribution >= 4 is 40.5 Å². The van der Waals surface area contributed by atoms with Crippen LogP contribution in [0.3, 0.4) is 0 Å². The molecule has 214 valence electrons. The molecule has 0 aliphatic heterocycles. The number of amides is 4. The monoisotopic (exact) mass is 556 g/mol. The van der Waals surface area contributed by atoms with Gasteiger partial charge in [0.1, 0.15) is 18.1 Å². The second-order valence-corrected chi connectivity index (χ2v) is 9.16. The van der Waals surface area contributed by atoms with E-state index in [0.29, 0.717) is 11.3 Å². The van der Waals surface area contributed by atoms with E-state index in [0.717, 1.165) is 10.9 Å².